The van der Waals surface area contributed by atoms with E-state index >= 15 is 0 Å². The Hall–Kier alpha value is -3.61. The normalized spacial score (nSPS) is 15.9. The molecule has 7 heteroatoms. The molecule has 0 fully saturated rings. The lowest BCUT2D eigenvalue weighted by molar-refractivity contribution is -0.139. The number of nitrogens with one attached hydrogen (secondary N) is 2. The molecule has 0 bridgehead atoms. The quantitative estimate of drug-likeness (QED) is 0.735. The fraction of sp³-hybridized carbons (Fsp3) is 0.227. The maximum Gasteiger partial charge on any atom is 0.338 e. The zero-order valence-electron chi connectivity index (χ0n) is 16.2. The van der Waals surface area contributed by atoms with Gasteiger partial charge >= 0.3 is 18.0 Å². The minimum Gasteiger partial charge on any atom is -0.463 e. The first kappa shape index (κ1) is 20.1. The van der Waals surface area contributed by atoms with Gasteiger partial charge in [-0.2, -0.15) is 0 Å². The van der Waals surface area contributed by atoms with Gasteiger partial charge in [-0.25, -0.2) is 14.4 Å². The van der Waals surface area contributed by atoms with Crippen LogP contribution in [0.25, 0.3) is 0 Å². The van der Waals surface area contributed by atoms with Gasteiger partial charge in [-0.1, -0.05) is 48.5 Å². The SMILES string of the molecule is CCOC(=O)C1=C(COC(=O)c2ccccc2C)NC(=O)NC1c1ccccc1. The summed E-state index contributed by atoms with van der Waals surface area (Å²) in [6, 6.07) is 14.9. The minimum absolute atomic E-state index is 0.175. The van der Waals surface area contributed by atoms with Crippen molar-refractivity contribution in [2.75, 3.05) is 13.2 Å². The molecular weight excluding hydrogens is 372 g/mol. The molecule has 0 aliphatic carbocycles. The monoisotopic (exact) mass is 394 g/mol. The first-order chi connectivity index (χ1) is 14.0. The van der Waals surface area contributed by atoms with Crippen LogP contribution >= 0.6 is 0 Å². The molecule has 1 aliphatic rings. The highest BCUT2D eigenvalue weighted by atomic mass is 16.5. The predicted octanol–water partition coefficient (Wildman–Crippen LogP) is 3.02. The molecule has 0 spiro atoms. The zero-order chi connectivity index (χ0) is 20.8. The summed E-state index contributed by atoms with van der Waals surface area (Å²) in [6.45, 7) is 3.41. The van der Waals surface area contributed by atoms with Gasteiger partial charge in [0, 0.05) is 0 Å². The highest BCUT2D eigenvalue weighted by Gasteiger charge is 2.34. The molecule has 1 unspecified atom stereocenters. The number of amides is 2. The van der Waals surface area contributed by atoms with Gasteiger partial charge in [0.05, 0.1) is 29.5 Å². The lowest BCUT2D eigenvalue weighted by Gasteiger charge is -2.29. The number of benzene rings is 2. The number of rotatable bonds is 6. The van der Waals surface area contributed by atoms with Crippen LogP contribution in [0.3, 0.4) is 0 Å². The number of urea groups is 1. The van der Waals surface area contributed by atoms with Gasteiger partial charge in [0.1, 0.15) is 6.61 Å². The summed E-state index contributed by atoms with van der Waals surface area (Å²) in [7, 11) is 0. The van der Waals surface area contributed by atoms with E-state index in [1.165, 1.54) is 0 Å². The lowest BCUT2D eigenvalue weighted by atomic mass is 9.95. The van der Waals surface area contributed by atoms with Crippen LogP contribution in [0.2, 0.25) is 0 Å². The zero-order valence-corrected chi connectivity index (χ0v) is 16.2. The fourth-order valence-corrected chi connectivity index (χ4v) is 3.09. The molecule has 2 aromatic carbocycles. The van der Waals surface area contributed by atoms with Crippen LogP contribution in [0.1, 0.15) is 34.5 Å². The molecular formula is C22H22N2O5. The standard InChI is InChI=1S/C22H22N2O5/c1-3-28-21(26)18-17(13-29-20(25)16-12-8-7-9-14(16)2)23-22(27)24-19(18)15-10-5-4-6-11-15/h4-12,19H,3,13H2,1-2H3,(H2,23,24,27). The Balaban J connectivity index is 1.92. The molecule has 150 valence electrons. The average Bonchev–Trinajstić information content (AvgIpc) is 2.72. The lowest BCUT2D eigenvalue weighted by Crippen LogP contribution is -2.47. The largest absolute Gasteiger partial charge is 0.463 e. The molecule has 2 aromatic rings. The van der Waals surface area contributed by atoms with Crippen molar-refractivity contribution in [2.24, 2.45) is 0 Å². The van der Waals surface area contributed by atoms with Crippen molar-refractivity contribution in [3.8, 4) is 0 Å². The molecule has 1 heterocycles. The summed E-state index contributed by atoms with van der Waals surface area (Å²) in [6.07, 6.45) is 0. The molecule has 0 saturated carbocycles. The summed E-state index contributed by atoms with van der Waals surface area (Å²) < 4.78 is 10.6. The minimum atomic E-state index is -0.712. The summed E-state index contributed by atoms with van der Waals surface area (Å²) in [4.78, 5) is 37.3. The fourth-order valence-electron chi connectivity index (χ4n) is 3.09. The summed E-state index contributed by atoms with van der Waals surface area (Å²) in [5.74, 6) is -1.13. The molecule has 3 rings (SSSR count). The molecule has 0 aromatic heterocycles. The Morgan fingerprint density at radius 1 is 0.966 bits per heavy atom. The first-order valence-electron chi connectivity index (χ1n) is 9.26. The van der Waals surface area contributed by atoms with Gasteiger partial charge in [0.2, 0.25) is 0 Å². The molecule has 0 saturated heterocycles. The molecule has 0 radical (unpaired) electrons. The van der Waals surface area contributed by atoms with E-state index in [1.54, 1.807) is 44.2 Å². The number of hydrogen-bond acceptors (Lipinski definition) is 5. The Kier molecular flexibility index (Phi) is 6.29. The third-order valence-electron chi connectivity index (χ3n) is 4.49. The van der Waals surface area contributed by atoms with Gasteiger partial charge in [-0.05, 0) is 31.0 Å². The van der Waals surface area contributed by atoms with E-state index in [0.29, 0.717) is 11.1 Å². The van der Waals surface area contributed by atoms with E-state index in [2.05, 4.69) is 10.6 Å². The average molecular weight is 394 g/mol. The van der Waals surface area contributed by atoms with Crippen molar-refractivity contribution in [3.63, 3.8) is 0 Å². The van der Waals surface area contributed by atoms with Gasteiger partial charge in [0.15, 0.2) is 0 Å². The van der Waals surface area contributed by atoms with E-state index in [1.807, 2.05) is 24.3 Å². The second kappa shape index (κ2) is 9.05. The van der Waals surface area contributed by atoms with E-state index in [4.69, 9.17) is 9.47 Å². The summed E-state index contributed by atoms with van der Waals surface area (Å²) in [5.41, 5.74) is 2.31. The Morgan fingerprint density at radius 3 is 2.34 bits per heavy atom. The third-order valence-corrected chi connectivity index (χ3v) is 4.49. The predicted molar refractivity (Wildman–Crippen MR) is 106 cm³/mol. The van der Waals surface area contributed by atoms with Crippen molar-refractivity contribution in [2.45, 2.75) is 19.9 Å². The van der Waals surface area contributed by atoms with Gasteiger partial charge in [-0.3, -0.25) is 0 Å². The first-order valence-corrected chi connectivity index (χ1v) is 9.26. The number of aryl methyl sites for hydroxylation is 1. The maximum atomic E-state index is 12.7. The third kappa shape index (κ3) is 4.63. The van der Waals surface area contributed by atoms with Gasteiger partial charge in [-0.15, -0.1) is 0 Å². The van der Waals surface area contributed by atoms with Crippen molar-refractivity contribution in [1.82, 2.24) is 10.6 Å². The van der Waals surface area contributed by atoms with Crippen LogP contribution in [-0.4, -0.2) is 31.2 Å². The topological polar surface area (TPSA) is 93.7 Å². The van der Waals surface area contributed by atoms with Crippen molar-refractivity contribution >= 4 is 18.0 Å². The van der Waals surface area contributed by atoms with E-state index in [9.17, 15) is 14.4 Å². The Morgan fingerprint density at radius 2 is 1.66 bits per heavy atom. The van der Waals surface area contributed by atoms with Crippen LogP contribution in [0.15, 0.2) is 65.9 Å². The molecule has 7 nitrogen and oxygen atoms in total. The van der Waals surface area contributed by atoms with Crippen LogP contribution in [0, 0.1) is 6.92 Å². The highest BCUT2D eigenvalue weighted by Crippen LogP contribution is 2.28. The van der Waals surface area contributed by atoms with Crippen LogP contribution in [0.5, 0.6) is 0 Å². The highest BCUT2D eigenvalue weighted by molar-refractivity contribution is 5.95. The smallest absolute Gasteiger partial charge is 0.338 e. The summed E-state index contributed by atoms with van der Waals surface area (Å²) in [5, 5.41) is 5.31. The van der Waals surface area contributed by atoms with E-state index in [0.717, 1.165) is 5.56 Å². The number of ether oxygens (including phenoxy) is 2. The van der Waals surface area contributed by atoms with Crippen molar-refractivity contribution in [1.29, 1.82) is 0 Å². The number of hydrogen-bond donors (Lipinski definition) is 2. The second-order valence-electron chi connectivity index (χ2n) is 6.45. The van der Waals surface area contributed by atoms with E-state index in [-0.39, 0.29) is 24.5 Å². The van der Waals surface area contributed by atoms with Crippen molar-refractivity contribution in [3.05, 3.63) is 82.6 Å². The van der Waals surface area contributed by atoms with E-state index < -0.39 is 24.0 Å². The second-order valence-corrected chi connectivity index (χ2v) is 6.45. The molecule has 29 heavy (non-hydrogen) atoms. The van der Waals surface area contributed by atoms with Crippen LogP contribution in [-0.2, 0) is 14.3 Å². The maximum absolute atomic E-state index is 12.7. The molecule has 2 amide bonds. The van der Waals surface area contributed by atoms with Crippen LogP contribution in [0.4, 0.5) is 4.79 Å². The van der Waals surface area contributed by atoms with Crippen LogP contribution < -0.4 is 10.6 Å². The number of esters is 2. The van der Waals surface area contributed by atoms with Gasteiger partial charge < -0.3 is 20.1 Å². The molecule has 2 N–H and O–H groups in total. The Labute approximate surface area is 168 Å². The number of carbonyl (C=O) groups is 3. The summed E-state index contributed by atoms with van der Waals surface area (Å²) >= 11 is 0. The molecule has 1 aliphatic heterocycles. The molecule has 1 atom stereocenters. The Bertz CT molecular complexity index is 953. The van der Waals surface area contributed by atoms with Crippen molar-refractivity contribution < 1.29 is 23.9 Å². The number of carbonyl (C=O) groups excluding carboxylic acids is 3. The van der Waals surface area contributed by atoms with Gasteiger partial charge in [0.25, 0.3) is 0 Å².